The molecule has 84 valence electrons. The van der Waals surface area contributed by atoms with Gasteiger partial charge < -0.3 is 10.2 Å². The van der Waals surface area contributed by atoms with Crippen LogP contribution in [-0.2, 0) is 0 Å². The first kappa shape index (κ1) is 12.0. The van der Waals surface area contributed by atoms with Crippen LogP contribution in [0.25, 0.3) is 0 Å². The Bertz CT molecular complexity index is 139. The van der Waals surface area contributed by atoms with E-state index in [0.717, 1.165) is 18.5 Å². The van der Waals surface area contributed by atoms with E-state index in [1.165, 1.54) is 38.5 Å². The molecule has 0 saturated heterocycles. The van der Waals surface area contributed by atoms with E-state index in [4.69, 9.17) is 0 Å². The third kappa shape index (κ3) is 3.58. The summed E-state index contributed by atoms with van der Waals surface area (Å²) in [6.07, 6.45) is 8.52. The summed E-state index contributed by atoms with van der Waals surface area (Å²) in [6.45, 7) is 1.16. The minimum absolute atomic E-state index is 0.825. The van der Waals surface area contributed by atoms with E-state index >= 15 is 0 Å². The molecule has 0 amide bonds. The highest BCUT2D eigenvalue weighted by molar-refractivity contribution is 4.80. The Morgan fingerprint density at radius 1 is 1.29 bits per heavy atom. The van der Waals surface area contributed by atoms with Crippen molar-refractivity contribution in [3.8, 4) is 0 Å². The van der Waals surface area contributed by atoms with Gasteiger partial charge in [0.25, 0.3) is 0 Å². The van der Waals surface area contributed by atoms with Gasteiger partial charge >= 0.3 is 0 Å². The molecule has 1 N–H and O–H groups in total. The van der Waals surface area contributed by atoms with Gasteiger partial charge in [0.2, 0.25) is 0 Å². The highest BCUT2D eigenvalue weighted by atomic mass is 15.1. The second-order valence-electron chi connectivity index (χ2n) is 4.82. The topological polar surface area (TPSA) is 15.3 Å². The van der Waals surface area contributed by atoms with Gasteiger partial charge in [0.05, 0.1) is 0 Å². The Kier molecular flexibility index (Phi) is 5.49. The van der Waals surface area contributed by atoms with Crippen LogP contribution in [0.15, 0.2) is 0 Å². The Labute approximate surface area is 89.1 Å². The maximum atomic E-state index is 3.23. The normalized spacial score (nSPS) is 20.6. The summed E-state index contributed by atoms with van der Waals surface area (Å²) in [7, 11) is 6.52. The van der Waals surface area contributed by atoms with Gasteiger partial charge in [-0.25, -0.2) is 0 Å². The van der Waals surface area contributed by atoms with Crippen molar-refractivity contribution in [2.45, 2.75) is 44.6 Å². The lowest BCUT2D eigenvalue weighted by atomic mass is 9.93. The molecule has 0 aromatic carbocycles. The molecule has 1 saturated carbocycles. The lowest BCUT2D eigenvalue weighted by Gasteiger charge is -2.30. The Balaban J connectivity index is 2.30. The quantitative estimate of drug-likeness (QED) is 0.658. The lowest BCUT2D eigenvalue weighted by molar-refractivity contribution is 0.196. The molecule has 0 radical (unpaired) electrons. The molecule has 1 aliphatic rings. The van der Waals surface area contributed by atoms with E-state index in [-0.39, 0.29) is 0 Å². The molecule has 1 atom stereocenters. The fraction of sp³-hybridized carbons (Fsp3) is 1.00. The molecule has 1 rings (SSSR count). The van der Waals surface area contributed by atoms with Gasteiger partial charge in [-0.1, -0.05) is 12.8 Å². The van der Waals surface area contributed by atoms with Crippen molar-refractivity contribution in [1.82, 2.24) is 10.2 Å². The second-order valence-corrected chi connectivity index (χ2v) is 4.82. The largest absolute Gasteiger partial charge is 0.320 e. The highest BCUT2D eigenvalue weighted by Crippen LogP contribution is 2.31. The molecule has 2 heteroatoms. The average molecular weight is 198 g/mol. The first-order valence-electron chi connectivity index (χ1n) is 6.06. The van der Waals surface area contributed by atoms with Crippen molar-refractivity contribution in [2.75, 3.05) is 27.7 Å². The van der Waals surface area contributed by atoms with Crippen LogP contribution in [-0.4, -0.2) is 38.6 Å². The third-order valence-electron chi connectivity index (χ3n) is 3.53. The first-order valence-corrected chi connectivity index (χ1v) is 6.06. The van der Waals surface area contributed by atoms with Gasteiger partial charge in [0.15, 0.2) is 0 Å². The maximum absolute atomic E-state index is 3.23. The molecule has 0 bridgehead atoms. The third-order valence-corrected chi connectivity index (χ3v) is 3.53. The zero-order chi connectivity index (χ0) is 10.4. The molecule has 0 aromatic heterocycles. The van der Waals surface area contributed by atoms with Crippen LogP contribution in [0.3, 0.4) is 0 Å². The van der Waals surface area contributed by atoms with Crippen LogP contribution >= 0.6 is 0 Å². The Morgan fingerprint density at radius 3 is 2.43 bits per heavy atom. The monoisotopic (exact) mass is 198 g/mol. The minimum Gasteiger partial charge on any atom is -0.320 e. The van der Waals surface area contributed by atoms with Crippen LogP contribution in [0, 0.1) is 5.92 Å². The summed E-state index contributed by atoms with van der Waals surface area (Å²) in [6, 6.07) is 0.825. The van der Waals surface area contributed by atoms with Crippen molar-refractivity contribution in [1.29, 1.82) is 0 Å². The van der Waals surface area contributed by atoms with Crippen LogP contribution in [0.1, 0.15) is 38.5 Å². The van der Waals surface area contributed by atoms with E-state index < -0.39 is 0 Å². The first-order chi connectivity index (χ1) is 6.75. The van der Waals surface area contributed by atoms with Crippen LogP contribution in [0.2, 0.25) is 0 Å². The Morgan fingerprint density at radius 2 is 1.93 bits per heavy atom. The van der Waals surface area contributed by atoms with Crippen LogP contribution < -0.4 is 5.32 Å². The summed E-state index contributed by atoms with van der Waals surface area (Å²) in [5.41, 5.74) is 0. The molecule has 14 heavy (non-hydrogen) atoms. The molecule has 0 spiro atoms. The summed E-state index contributed by atoms with van der Waals surface area (Å²) >= 11 is 0. The number of hydrogen-bond donors (Lipinski definition) is 1. The molecule has 2 nitrogen and oxygen atoms in total. The van der Waals surface area contributed by atoms with Crippen LogP contribution in [0.4, 0.5) is 0 Å². The predicted molar refractivity (Wildman–Crippen MR) is 62.6 cm³/mol. The van der Waals surface area contributed by atoms with Gasteiger partial charge in [-0.15, -0.1) is 0 Å². The van der Waals surface area contributed by atoms with Crippen molar-refractivity contribution in [3.63, 3.8) is 0 Å². The van der Waals surface area contributed by atoms with Gasteiger partial charge in [-0.3, -0.25) is 0 Å². The number of rotatable bonds is 6. The Hall–Kier alpha value is -0.0800. The maximum Gasteiger partial charge on any atom is 0.0118 e. The van der Waals surface area contributed by atoms with Gasteiger partial charge in [-0.2, -0.15) is 0 Å². The van der Waals surface area contributed by atoms with Crippen molar-refractivity contribution in [2.24, 2.45) is 5.92 Å². The average Bonchev–Trinajstić information content (AvgIpc) is 2.64. The SMILES string of the molecule is CNCCCC(C1CCCC1)N(C)C. The smallest absolute Gasteiger partial charge is 0.0118 e. The summed E-state index contributed by atoms with van der Waals surface area (Å²) in [5, 5.41) is 3.23. The van der Waals surface area contributed by atoms with E-state index in [9.17, 15) is 0 Å². The molecule has 1 fully saturated rings. The zero-order valence-corrected chi connectivity index (χ0v) is 10.1. The van der Waals surface area contributed by atoms with E-state index in [1.54, 1.807) is 0 Å². The predicted octanol–water partition coefficient (Wildman–Crippen LogP) is 2.11. The molecular weight excluding hydrogens is 172 g/mol. The molecule has 0 aromatic rings. The number of nitrogens with zero attached hydrogens (tertiary/aromatic N) is 1. The van der Waals surface area contributed by atoms with Crippen LogP contribution in [0.5, 0.6) is 0 Å². The van der Waals surface area contributed by atoms with Crippen molar-refractivity contribution in [3.05, 3.63) is 0 Å². The molecule has 1 unspecified atom stereocenters. The summed E-state index contributed by atoms with van der Waals surface area (Å²) in [5.74, 6) is 0.974. The van der Waals surface area contributed by atoms with Gasteiger partial charge in [0, 0.05) is 6.04 Å². The fourth-order valence-corrected chi connectivity index (χ4v) is 2.75. The van der Waals surface area contributed by atoms with E-state index in [0.29, 0.717) is 0 Å². The van der Waals surface area contributed by atoms with Gasteiger partial charge in [-0.05, 0) is 59.3 Å². The van der Waals surface area contributed by atoms with Gasteiger partial charge in [0.1, 0.15) is 0 Å². The lowest BCUT2D eigenvalue weighted by Crippen LogP contribution is -2.34. The molecule has 0 heterocycles. The molecule has 0 aliphatic heterocycles. The fourth-order valence-electron chi connectivity index (χ4n) is 2.75. The minimum atomic E-state index is 0.825. The van der Waals surface area contributed by atoms with Crippen molar-refractivity contribution >= 4 is 0 Å². The number of hydrogen-bond acceptors (Lipinski definition) is 2. The standard InChI is InChI=1S/C12H26N2/c1-13-10-6-9-12(14(2)3)11-7-4-5-8-11/h11-13H,4-10H2,1-3H3. The van der Waals surface area contributed by atoms with Crippen molar-refractivity contribution < 1.29 is 0 Å². The summed E-state index contributed by atoms with van der Waals surface area (Å²) in [4.78, 5) is 2.44. The molecule has 1 aliphatic carbocycles. The zero-order valence-electron chi connectivity index (χ0n) is 10.1. The molecular formula is C12H26N2. The summed E-state index contributed by atoms with van der Waals surface area (Å²) < 4.78 is 0. The van der Waals surface area contributed by atoms with E-state index in [2.05, 4.69) is 24.3 Å². The second kappa shape index (κ2) is 6.41. The van der Waals surface area contributed by atoms with E-state index in [1.807, 2.05) is 7.05 Å². The highest BCUT2D eigenvalue weighted by Gasteiger charge is 2.25. The number of nitrogens with one attached hydrogen (secondary N) is 1.